The van der Waals surface area contributed by atoms with Gasteiger partial charge >= 0.3 is 0 Å². The van der Waals surface area contributed by atoms with Crippen molar-refractivity contribution in [3.63, 3.8) is 0 Å². The Bertz CT molecular complexity index is 225. The molecule has 17 heavy (non-hydrogen) atoms. The highest BCUT2D eigenvalue weighted by Crippen LogP contribution is 2.30. The third-order valence-electron chi connectivity index (χ3n) is 4.17. The Morgan fingerprint density at radius 2 is 2.12 bits per heavy atom. The number of aliphatic hydroxyl groups is 1. The van der Waals surface area contributed by atoms with Crippen molar-refractivity contribution in [2.24, 2.45) is 11.8 Å². The molecule has 2 fully saturated rings. The number of likely N-dealkylation sites (N-methyl/N-ethyl adjacent to an activating group) is 1. The molecule has 1 aliphatic carbocycles. The maximum atomic E-state index is 9.26. The number of nitrogens with zero attached hydrogens (tertiary/aromatic N) is 1. The van der Waals surface area contributed by atoms with E-state index in [1.807, 2.05) is 0 Å². The molecule has 0 radical (unpaired) electrons. The van der Waals surface area contributed by atoms with E-state index in [-0.39, 0.29) is 0 Å². The van der Waals surface area contributed by atoms with E-state index in [4.69, 9.17) is 4.74 Å². The summed E-state index contributed by atoms with van der Waals surface area (Å²) in [7, 11) is 2.15. The van der Waals surface area contributed by atoms with E-state index < -0.39 is 0 Å². The third kappa shape index (κ3) is 3.91. The second-order valence-corrected chi connectivity index (χ2v) is 5.55. The Morgan fingerprint density at radius 3 is 2.88 bits per heavy atom. The van der Waals surface area contributed by atoms with E-state index in [0.717, 1.165) is 32.8 Å². The van der Waals surface area contributed by atoms with Crippen LogP contribution < -0.4 is 5.32 Å². The van der Waals surface area contributed by atoms with Crippen LogP contribution in [0.1, 0.15) is 19.3 Å². The van der Waals surface area contributed by atoms with Gasteiger partial charge in [-0.3, -0.25) is 0 Å². The number of rotatable bonds is 5. The fourth-order valence-corrected chi connectivity index (χ4v) is 3.04. The molecule has 4 heteroatoms. The standard InChI is InChI=1S/C13H26N2O2/c1-15-5-6-17-13(9-15)8-14-7-11-3-2-4-12(11)10-16/h11-14,16H,2-10H2,1H3. The smallest absolute Gasteiger partial charge is 0.0826 e. The second kappa shape index (κ2) is 6.69. The Kier molecular flexibility index (Phi) is 5.22. The van der Waals surface area contributed by atoms with E-state index in [9.17, 15) is 5.11 Å². The van der Waals surface area contributed by atoms with Gasteiger partial charge in [-0.25, -0.2) is 0 Å². The second-order valence-electron chi connectivity index (χ2n) is 5.55. The SMILES string of the molecule is CN1CCOC(CNCC2CCCC2CO)C1. The number of ether oxygens (including phenoxy) is 1. The van der Waals surface area contributed by atoms with Crippen molar-refractivity contribution in [1.82, 2.24) is 10.2 Å². The highest BCUT2D eigenvalue weighted by molar-refractivity contribution is 4.79. The molecule has 1 aliphatic heterocycles. The summed E-state index contributed by atoms with van der Waals surface area (Å²) < 4.78 is 5.71. The maximum Gasteiger partial charge on any atom is 0.0826 e. The van der Waals surface area contributed by atoms with Gasteiger partial charge in [0.25, 0.3) is 0 Å². The molecule has 0 aromatic heterocycles. The Morgan fingerprint density at radius 1 is 1.29 bits per heavy atom. The van der Waals surface area contributed by atoms with Gasteiger partial charge in [0.05, 0.1) is 12.7 Å². The summed E-state index contributed by atoms with van der Waals surface area (Å²) in [6.07, 6.45) is 4.08. The third-order valence-corrected chi connectivity index (χ3v) is 4.17. The molecule has 3 unspecified atom stereocenters. The minimum absolute atomic E-state index is 0.336. The van der Waals surface area contributed by atoms with E-state index >= 15 is 0 Å². The highest BCUT2D eigenvalue weighted by atomic mass is 16.5. The molecule has 0 aromatic carbocycles. The molecule has 0 spiro atoms. The Hall–Kier alpha value is -0.160. The lowest BCUT2D eigenvalue weighted by Crippen LogP contribution is -2.45. The average molecular weight is 242 g/mol. The molecule has 4 nitrogen and oxygen atoms in total. The highest BCUT2D eigenvalue weighted by Gasteiger charge is 2.26. The van der Waals surface area contributed by atoms with E-state index in [2.05, 4.69) is 17.3 Å². The molecule has 0 bridgehead atoms. The number of nitrogens with one attached hydrogen (secondary N) is 1. The lowest BCUT2D eigenvalue weighted by molar-refractivity contribution is -0.0186. The van der Waals surface area contributed by atoms with E-state index in [1.165, 1.54) is 19.3 Å². The van der Waals surface area contributed by atoms with Crippen LogP contribution in [0.25, 0.3) is 0 Å². The zero-order chi connectivity index (χ0) is 12.1. The van der Waals surface area contributed by atoms with E-state index in [0.29, 0.717) is 24.5 Å². The number of hydrogen-bond donors (Lipinski definition) is 2. The first kappa shape index (κ1) is 13.3. The van der Waals surface area contributed by atoms with Crippen molar-refractivity contribution in [1.29, 1.82) is 0 Å². The predicted molar refractivity (Wildman–Crippen MR) is 68.0 cm³/mol. The van der Waals surface area contributed by atoms with Gasteiger partial charge in [-0.1, -0.05) is 6.42 Å². The van der Waals surface area contributed by atoms with Gasteiger partial charge in [-0.05, 0) is 38.3 Å². The van der Waals surface area contributed by atoms with Crippen molar-refractivity contribution in [2.75, 3.05) is 46.4 Å². The Labute approximate surface area is 104 Å². The molecule has 0 aromatic rings. The molecule has 1 saturated heterocycles. The van der Waals surface area contributed by atoms with Crippen molar-refractivity contribution >= 4 is 0 Å². The average Bonchev–Trinajstić information content (AvgIpc) is 2.77. The first-order valence-electron chi connectivity index (χ1n) is 6.91. The zero-order valence-corrected chi connectivity index (χ0v) is 10.9. The molecule has 2 aliphatic rings. The van der Waals surface area contributed by atoms with Gasteiger partial charge in [0.2, 0.25) is 0 Å². The van der Waals surface area contributed by atoms with Crippen LogP contribution in [0.5, 0.6) is 0 Å². The largest absolute Gasteiger partial charge is 0.396 e. The van der Waals surface area contributed by atoms with Gasteiger partial charge in [-0.15, -0.1) is 0 Å². The first-order chi connectivity index (χ1) is 8.29. The molecule has 1 heterocycles. The zero-order valence-electron chi connectivity index (χ0n) is 10.9. The van der Waals surface area contributed by atoms with Crippen LogP contribution in [-0.4, -0.2) is 62.6 Å². The summed E-state index contributed by atoms with van der Waals surface area (Å²) >= 11 is 0. The number of hydrogen-bond acceptors (Lipinski definition) is 4. The van der Waals surface area contributed by atoms with Crippen LogP contribution in [0.3, 0.4) is 0 Å². The van der Waals surface area contributed by atoms with Gasteiger partial charge in [0.1, 0.15) is 0 Å². The quantitative estimate of drug-likeness (QED) is 0.728. The van der Waals surface area contributed by atoms with Crippen molar-refractivity contribution < 1.29 is 9.84 Å². The number of morpholine rings is 1. The van der Waals surface area contributed by atoms with Crippen molar-refractivity contribution in [3.8, 4) is 0 Å². The van der Waals surface area contributed by atoms with Crippen LogP contribution in [0.15, 0.2) is 0 Å². The summed E-state index contributed by atoms with van der Waals surface area (Å²) in [6, 6.07) is 0. The Balaban J connectivity index is 1.62. The lowest BCUT2D eigenvalue weighted by atomic mass is 9.97. The van der Waals surface area contributed by atoms with Crippen LogP contribution >= 0.6 is 0 Å². The molecule has 1 saturated carbocycles. The van der Waals surface area contributed by atoms with Crippen molar-refractivity contribution in [3.05, 3.63) is 0 Å². The van der Waals surface area contributed by atoms with Crippen LogP contribution in [0, 0.1) is 11.8 Å². The minimum atomic E-state index is 0.336. The van der Waals surface area contributed by atoms with Gasteiger partial charge in [0.15, 0.2) is 0 Å². The predicted octanol–water partition coefficient (Wildman–Crippen LogP) is 0.315. The topological polar surface area (TPSA) is 44.7 Å². The lowest BCUT2D eigenvalue weighted by Gasteiger charge is -2.30. The van der Waals surface area contributed by atoms with Crippen LogP contribution in [0.2, 0.25) is 0 Å². The maximum absolute atomic E-state index is 9.26. The van der Waals surface area contributed by atoms with E-state index in [1.54, 1.807) is 0 Å². The molecular weight excluding hydrogens is 216 g/mol. The summed E-state index contributed by atoms with van der Waals surface area (Å²) in [6.45, 7) is 5.27. The van der Waals surface area contributed by atoms with Gasteiger partial charge < -0.3 is 20.1 Å². The molecule has 2 N–H and O–H groups in total. The van der Waals surface area contributed by atoms with Crippen LogP contribution in [-0.2, 0) is 4.74 Å². The van der Waals surface area contributed by atoms with Crippen LogP contribution in [0.4, 0.5) is 0 Å². The summed E-state index contributed by atoms with van der Waals surface area (Å²) in [4.78, 5) is 2.32. The molecule has 3 atom stereocenters. The molecular formula is C13H26N2O2. The normalized spacial score (nSPS) is 35.3. The summed E-state index contributed by atoms with van der Waals surface area (Å²) in [5.41, 5.74) is 0. The van der Waals surface area contributed by atoms with Gasteiger partial charge in [-0.2, -0.15) is 0 Å². The monoisotopic (exact) mass is 242 g/mol. The number of aliphatic hydroxyl groups excluding tert-OH is 1. The summed E-state index contributed by atoms with van der Waals surface area (Å²) in [5.74, 6) is 1.19. The fourth-order valence-electron chi connectivity index (χ4n) is 3.04. The molecule has 2 rings (SSSR count). The first-order valence-corrected chi connectivity index (χ1v) is 6.91. The van der Waals surface area contributed by atoms with Crippen molar-refractivity contribution in [2.45, 2.75) is 25.4 Å². The van der Waals surface area contributed by atoms with Gasteiger partial charge in [0, 0.05) is 26.2 Å². The summed E-state index contributed by atoms with van der Waals surface area (Å²) in [5, 5.41) is 12.8. The molecule has 100 valence electrons. The fraction of sp³-hybridized carbons (Fsp3) is 1.00. The molecule has 0 amide bonds. The minimum Gasteiger partial charge on any atom is -0.396 e.